The Kier molecular flexibility index (Phi) is 8.12. The Morgan fingerprint density at radius 2 is 1.56 bits per heavy atom. The van der Waals surface area contributed by atoms with E-state index < -0.39 is 24.5 Å². The third kappa shape index (κ3) is 6.88. The van der Waals surface area contributed by atoms with Crippen molar-refractivity contribution >= 4 is 6.09 Å². The number of alkyl halides is 6. The number of piperidine rings is 1. The van der Waals surface area contributed by atoms with Gasteiger partial charge in [-0.1, -0.05) is 0 Å². The quantitative estimate of drug-likeness (QED) is 0.548. The maximum Gasteiger partial charge on any atom is 0.434 e. The first-order valence-corrected chi connectivity index (χ1v) is 10.7. The fraction of sp³-hybridized carbons (Fsp3) is 0.667. The van der Waals surface area contributed by atoms with E-state index in [1.165, 1.54) is 6.20 Å². The third-order valence-electron chi connectivity index (χ3n) is 5.71. The van der Waals surface area contributed by atoms with Gasteiger partial charge in [-0.15, -0.1) is 0 Å². The van der Waals surface area contributed by atoms with Crippen LogP contribution in [0.2, 0.25) is 0 Å². The fourth-order valence-corrected chi connectivity index (χ4v) is 3.98. The predicted octanol–water partition coefficient (Wildman–Crippen LogP) is 4.75. The van der Waals surface area contributed by atoms with Crippen LogP contribution >= 0.6 is 0 Å². The Bertz CT molecular complexity index is 858. The topological polar surface area (TPSA) is 84.7 Å². The standard InChI is InChI=1S/C21H23F6N3O4/c22-20(23,24)18(21(25,26)27)34-19(31)30-9-6-16(7-10-30)32-14-1-3-15(4-2-14)33-17-5-8-29-12-13(17)11-28/h5,8,12,14-16,18H,1-4,6-7,9-10H2/t14-,15-. The minimum Gasteiger partial charge on any atom is -0.489 e. The number of pyridine rings is 1. The molecule has 7 nitrogen and oxygen atoms in total. The number of rotatable bonds is 5. The number of hydrogen-bond acceptors (Lipinski definition) is 6. The molecule has 0 radical (unpaired) electrons. The zero-order chi connectivity index (χ0) is 24.9. The molecule has 34 heavy (non-hydrogen) atoms. The Labute approximate surface area is 191 Å². The number of nitrogens with zero attached hydrogens (tertiary/aromatic N) is 3. The molecule has 1 aromatic heterocycles. The smallest absolute Gasteiger partial charge is 0.434 e. The van der Waals surface area contributed by atoms with Gasteiger partial charge in [0.15, 0.2) is 0 Å². The molecule has 0 atom stereocenters. The Balaban J connectivity index is 1.41. The van der Waals surface area contributed by atoms with E-state index >= 15 is 0 Å². The highest BCUT2D eigenvalue weighted by Gasteiger charge is 2.60. The molecule has 0 N–H and O–H groups in total. The summed E-state index contributed by atoms with van der Waals surface area (Å²) < 4.78 is 91.2. The van der Waals surface area contributed by atoms with E-state index in [4.69, 9.17) is 14.7 Å². The lowest BCUT2D eigenvalue weighted by Crippen LogP contribution is -2.50. The molecule has 13 heteroatoms. The van der Waals surface area contributed by atoms with E-state index in [0.29, 0.717) is 37.0 Å². The number of carbonyl (C=O) groups is 1. The zero-order valence-electron chi connectivity index (χ0n) is 17.9. The summed E-state index contributed by atoms with van der Waals surface area (Å²) >= 11 is 0. The van der Waals surface area contributed by atoms with Gasteiger partial charge in [0.2, 0.25) is 0 Å². The summed E-state index contributed by atoms with van der Waals surface area (Å²) in [5, 5.41) is 9.12. The van der Waals surface area contributed by atoms with Gasteiger partial charge < -0.3 is 19.1 Å². The molecule has 2 aliphatic rings. The van der Waals surface area contributed by atoms with E-state index in [-0.39, 0.29) is 44.2 Å². The highest BCUT2D eigenvalue weighted by Crippen LogP contribution is 2.36. The van der Waals surface area contributed by atoms with Crippen molar-refractivity contribution in [3.05, 3.63) is 24.0 Å². The molecule has 2 fully saturated rings. The van der Waals surface area contributed by atoms with Crippen molar-refractivity contribution in [1.82, 2.24) is 9.88 Å². The summed E-state index contributed by atoms with van der Waals surface area (Å²) in [6, 6.07) is 3.65. The van der Waals surface area contributed by atoms with Crippen molar-refractivity contribution in [3.63, 3.8) is 0 Å². The number of carbonyl (C=O) groups excluding carboxylic acids is 1. The van der Waals surface area contributed by atoms with Crippen LogP contribution in [0.3, 0.4) is 0 Å². The number of hydrogen-bond donors (Lipinski definition) is 0. The normalized spacial score (nSPS) is 22.4. The SMILES string of the molecule is N#Cc1cnccc1O[C@H]1CC[C@H](OC2CCN(C(=O)OC(C(F)(F)F)C(F)(F)F)CC2)CC1. The highest BCUT2D eigenvalue weighted by molar-refractivity contribution is 5.68. The van der Waals surface area contributed by atoms with E-state index in [1.807, 2.05) is 6.07 Å². The number of halogens is 6. The van der Waals surface area contributed by atoms with Crippen molar-refractivity contribution in [2.75, 3.05) is 13.1 Å². The van der Waals surface area contributed by atoms with Gasteiger partial charge in [-0.25, -0.2) is 4.79 Å². The van der Waals surface area contributed by atoms with Crippen LogP contribution in [0.15, 0.2) is 18.5 Å². The number of likely N-dealkylation sites (tertiary alicyclic amines) is 1. The summed E-state index contributed by atoms with van der Waals surface area (Å²) in [7, 11) is 0. The lowest BCUT2D eigenvalue weighted by molar-refractivity contribution is -0.308. The molecular weight excluding hydrogens is 472 g/mol. The van der Waals surface area contributed by atoms with E-state index in [1.54, 1.807) is 12.3 Å². The first kappa shape index (κ1) is 25.9. The van der Waals surface area contributed by atoms with Crippen LogP contribution in [0, 0.1) is 11.3 Å². The minimum atomic E-state index is -5.74. The van der Waals surface area contributed by atoms with E-state index in [0.717, 1.165) is 4.90 Å². The summed E-state index contributed by atoms with van der Waals surface area (Å²) in [4.78, 5) is 16.6. The summed E-state index contributed by atoms with van der Waals surface area (Å²) in [5.41, 5.74) is 0.350. The van der Waals surface area contributed by atoms with E-state index in [2.05, 4.69) is 9.72 Å². The molecule has 1 aliphatic heterocycles. The average Bonchev–Trinajstić information content (AvgIpc) is 2.78. The molecule has 1 saturated carbocycles. The molecule has 1 saturated heterocycles. The number of amides is 1. The van der Waals surface area contributed by atoms with Crippen LogP contribution in [0.1, 0.15) is 44.1 Å². The Hall–Kier alpha value is -2.75. The van der Waals surface area contributed by atoms with Crippen molar-refractivity contribution in [1.29, 1.82) is 5.26 Å². The highest BCUT2D eigenvalue weighted by atomic mass is 19.4. The van der Waals surface area contributed by atoms with Crippen molar-refractivity contribution in [2.24, 2.45) is 0 Å². The lowest BCUT2D eigenvalue weighted by Gasteiger charge is -2.36. The van der Waals surface area contributed by atoms with Crippen LogP contribution in [0.25, 0.3) is 0 Å². The first-order valence-electron chi connectivity index (χ1n) is 10.7. The largest absolute Gasteiger partial charge is 0.489 e. The molecule has 1 aliphatic carbocycles. The van der Waals surface area contributed by atoms with Gasteiger partial charge in [0, 0.05) is 25.5 Å². The minimum absolute atomic E-state index is 0.0661. The van der Waals surface area contributed by atoms with Crippen LogP contribution in [-0.2, 0) is 9.47 Å². The van der Waals surface area contributed by atoms with Gasteiger partial charge >= 0.3 is 18.4 Å². The van der Waals surface area contributed by atoms with Gasteiger partial charge in [-0.3, -0.25) is 4.98 Å². The van der Waals surface area contributed by atoms with Crippen LogP contribution in [0.5, 0.6) is 5.75 Å². The maximum atomic E-state index is 12.6. The molecule has 1 amide bonds. The summed E-state index contributed by atoms with van der Waals surface area (Å²) in [6.07, 6.45) is -11.4. The Morgan fingerprint density at radius 3 is 2.12 bits per heavy atom. The number of ether oxygens (including phenoxy) is 3. The molecule has 3 rings (SSSR count). The summed E-state index contributed by atoms with van der Waals surface area (Å²) in [5.74, 6) is 0.472. The second-order valence-electron chi connectivity index (χ2n) is 8.17. The van der Waals surface area contributed by atoms with Gasteiger partial charge in [-0.2, -0.15) is 31.6 Å². The molecule has 1 aromatic rings. The second-order valence-corrected chi connectivity index (χ2v) is 8.17. The Morgan fingerprint density at radius 1 is 1.00 bits per heavy atom. The molecule has 2 heterocycles. The second kappa shape index (κ2) is 10.7. The van der Waals surface area contributed by atoms with Crippen LogP contribution < -0.4 is 4.74 Å². The van der Waals surface area contributed by atoms with Crippen molar-refractivity contribution < 1.29 is 45.3 Å². The molecule has 0 aromatic carbocycles. The van der Waals surface area contributed by atoms with Crippen molar-refractivity contribution in [2.45, 2.75) is 75.3 Å². The first-order chi connectivity index (χ1) is 16.0. The van der Waals surface area contributed by atoms with Crippen LogP contribution in [-0.4, -0.2) is 65.8 Å². The maximum absolute atomic E-state index is 12.6. The average molecular weight is 495 g/mol. The van der Waals surface area contributed by atoms with Gasteiger partial charge in [0.1, 0.15) is 17.4 Å². The third-order valence-corrected chi connectivity index (χ3v) is 5.71. The zero-order valence-corrected chi connectivity index (χ0v) is 17.9. The lowest BCUT2D eigenvalue weighted by atomic mass is 9.94. The monoisotopic (exact) mass is 495 g/mol. The van der Waals surface area contributed by atoms with Gasteiger partial charge in [0.25, 0.3) is 6.10 Å². The predicted molar refractivity (Wildman–Crippen MR) is 104 cm³/mol. The van der Waals surface area contributed by atoms with Gasteiger partial charge in [-0.05, 0) is 44.6 Å². The van der Waals surface area contributed by atoms with Crippen molar-refractivity contribution in [3.8, 4) is 11.8 Å². The van der Waals surface area contributed by atoms with Gasteiger partial charge in [0.05, 0.1) is 18.3 Å². The number of aromatic nitrogens is 1. The summed E-state index contributed by atoms with van der Waals surface area (Å²) in [6.45, 7) is -0.132. The molecule has 0 bridgehead atoms. The molecule has 188 valence electrons. The molecule has 0 spiro atoms. The van der Waals surface area contributed by atoms with Crippen LogP contribution in [0.4, 0.5) is 31.1 Å². The fourth-order valence-electron chi connectivity index (χ4n) is 3.98. The number of nitriles is 1. The molecular formula is C21H23F6N3O4. The molecule has 0 unspecified atom stereocenters. The van der Waals surface area contributed by atoms with E-state index in [9.17, 15) is 31.1 Å².